The van der Waals surface area contributed by atoms with Crippen LogP contribution in [-0.4, -0.2) is 30.2 Å². The standard InChI is InChI=1S/C14H19NO4S/c1-2-7-19-8-6-11(16)15-13-12(14(17)18)9-4-3-5-10(9)20-13/h2-8H2,1H3,(H,15,16)(H,17,18). The molecule has 0 radical (unpaired) electrons. The maximum Gasteiger partial charge on any atom is 0.339 e. The van der Waals surface area contributed by atoms with Crippen molar-refractivity contribution in [2.24, 2.45) is 0 Å². The molecule has 0 fully saturated rings. The van der Waals surface area contributed by atoms with Crippen LogP contribution in [0.3, 0.4) is 0 Å². The maximum atomic E-state index is 11.8. The summed E-state index contributed by atoms with van der Waals surface area (Å²) in [6.45, 7) is 3.01. The molecule has 20 heavy (non-hydrogen) atoms. The number of thiophene rings is 1. The zero-order valence-corrected chi connectivity index (χ0v) is 12.3. The number of ether oxygens (including phenoxy) is 1. The molecule has 2 N–H and O–H groups in total. The van der Waals surface area contributed by atoms with Crippen molar-refractivity contribution in [2.75, 3.05) is 18.5 Å². The minimum Gasteiger partial charge on any atom is -0.478 e. The molecule has 1 aromatic rings. The molecule has 0 aromatic carbocycles. The van der Waals surface area contributed by atoms with Crippen molar-refractivity contribution in [3.8, 4) is 0 Å². The van der Waals surface area contributed by atoms with Gasteiger partial charge in [0.25, 0.3) is 0 Å². The van der Waals surface area contributed by atoms with Gasteiger partial charge in [0, 0.05) is 11.5 Å². The minimum atomic E-state index is -0.957. The monoisotopic (exact) mass is 297 g/mol. The number of carboxylic acids is 1. The molecule has 6 heteroatoms. The molecule has 1 amide bonds. The number of carbonyl (C=O) groups excluding carboxylic acids is 1. The second-order valence-electron chi connectivity index (χ2n) is 4.78. The number of hydrogen-bond donors (Lipinski definition) is 2. The van der Waals surface area contributed by atoms with Gasteiger partial charge in [0.05, 0.1) is 18.6 Å². The van der Waals surface area contributed by atoms with Crippen LogP contribution in [0.25, 0.3) is 0 Å². The molecule has 1 aromatic heterocycles. The summed E-state index contributed by atoms with van der Waals surface area (Å²) in [6.07, 6.45) is 3.88. The summed E-state index contributed by atoms with van der Waals surface area (Å²) in [7, 11) is 0. The van der Waals surface area contributed by atoms with Gasteiger partial charge in [-0.25, -0.2) is 4.79 Å². The van der Waals surface area contributed by atoms with Gasteiger partial charge in [0.2, 0.25) is 5.91 Å². The quantitative estimate of drug-likeness (QED) is 0.759. The summed E-state index contributed by atoms with van der Waals surface area (Å²) in [4.78, 5) is 24.3. The highest BCUT2D eigenvalue weighted by Crippen LogP contribution is 2.39. The number of nitrogens with one attached hydrogen (secondary N) is 1. The lowest BCUT2D eigenvalue weighted by atomic mass is 10.1. The fourth-order valence-electron chi connectivity index (χ4n) is 2.32. The Morgan fingerprint density at radius 1 is 1.35 bits per heavy atom. The second-order valence-corrected chi connectivity index (χ2v) is 5.88. The van der Waals surface area contributed by atoms with Crippen LogP contribution >= 0.6 is 11.3 Å². The second kappa shape index (κ2) is 6.85. The molecule has 0 bridgehead atoms. The summed E-state index contributed by atoms with van der Waals surface area (Å²) in [5, 5.41) is 12.5. The molecular formula is C14H19NO4S. The van der Waals surface area contributed by atoms with E-state index in [1.54, 1.807) is 0 Å². The van der Waals surface area contributed by atoms with Crippen LogP contribution in [0, 0.1) is 0 Å². The Balaban J connectivity index is 1.99. The summed E-state index contributed by atoms with van der Waals surface area (Å²) in [6, 6.07) is 0. The summed E-state index contributed by atoms with van der Waals surface area (Å²) in [5.74, 6) is -1.15. The molecule has 5 nitrogen and oxygen atoms in total. The van der Waals surface area contributed by atoms with Crippen LogP contribution in [0.1, 0.15) is 47.0 Å². The van der Waals surface area contributed by atoms with Crippen molar-refractivity contribution in [1.82, 2.24) is 0 Å². The Labute approximate surface area is 121 Å². The number of carbonyl (C=O) groups is 2. The highest BCUT2D eigenvalue weighted by Gasteiger charge is 2.26. The van der Waals surface area contributed by atoms with Gasteiger partial charge < -0.3 is 15.2 Å². The van der Waals surface area contributed by atoms with Crippen molar-refractivity contribution in [1.29, 1.82) is 0 Å². The van der Waals surface area contributed by atoms with Gasteiger partial charge in [-0.2, -0.15) is 0 Å². The van der Waals surface area contributed by atoms with Crippen molar-refractivity contribution in [2.45, 2.75) is 39.0 Å². The van der Waals surface area contributed by atoms with Gasteiger partial charge in [-0.15, -0.1) is 11.3 Å². The van der Waals surface area contributed by atoms with Gasteiger partial charge in [-0.1, -0.05) is 6.92 Å². The smallest absolute Gasteiger partial charge is 0.339 e. The summed E-state index contributed by atoms with van der Waals surface area (Å²) in [5.41, 5.74) is 1.19. The first-order chi connectivity index (χ1) is 9.63. The first kappa shape index (κ1) is 15.0. The minimum absolute atomic E-state index is 0.191. The molecule has 0 spiro atoms. The fourth-order valence-corrected chi connectivity index (χ4v) is 3.62. The molecule has 1 aliphatic rings. The number of rotatable bonds is 7. The van der Waals surface area contributed by atoms with Gasteiger partial charge in [-0.3, -0.25) is 4.79 Å². The van der Waals surface area contributed by atoms with Crippen LogP contribution in [0.2, 0.25) is 0 Å². The van der Waals surface area contributed by atoms with Crippen molar-refractivity contribution >= 4 is 28.2 Å². The third-order valence-corrected chi connectivity index (χ3v) is 4.42. The normalized spacial score (nSPS) is 13.2. The number of hydrogen-bond acceptors (Lipinski definition) is 4. The molecule has 0 unspecified atom stereocenters. The Bertz CT molecular complexity index is 510. The predicted molar refractivity (Wildman–Crippen MR) is 77.7 cm³/mol. The van der Waals surface area contributed by atoms with Crippen molar-refractivity contribution in [3.63, 3.8) is 0 Å². The van der Waals surface area contributed by atoms with E-state index in [1.165, 1.54) is 11.3 Å². The number of aryl methyl sites for hydroxylation is 1. The lowest BCUT2D eigenvalue weighted by molar-refractivity contribution is -0.117. The van der Waals surface area contributed by atoms with E-state index >= 15 is 0 Å². The van der Waals surface area contributed by atoms with E-state index in [9.17, 15) is 14.7 Å². The van der Waals surface area contributed by atoms with E-state index in [1.807, 2.05) is 6.92 Å². The molecule has 0 saturated heterocycles. The van der Waals surface area contributed by atoms with Crippen LogP contribution in [0.15, 0.2) is 0 Å². The highest BCUT2D eigenvalue weighted by atomic mass is 32.1. The largest absolute Gasteiger partial charge is 0.478 e. The van der Waals surface area contributed by atoms with Crippen molar-refractivity contribution in [3.05, 3.63) is 16.0 Å². The summed E-state index contributed by atoms with van der Waals surface area (Å²) >= 11 is 1.40. The molecule has 110 valence electrons. The van der Waals surface area contributed by atoms with Crippen LogP contribution in [0.4, 0.5) is 5.00 Å². The molecule has 0 saturated carbocycles. The molecule has 0 aliphatic heterocycles. The van der Waals surface area contributed by atoms with Crippen LogP contribution < -0.4 is 5.32 Å². The van der Waals surface area contributed by atoms with Gasteiger partial charge in [0.1, 0.15) is 5.00 Å². The van der Waals surface area contributed by atoms with E-state index in [-0.39, 0.29) is 17.9 Å². The lowest BCUT2D eigenvalue weighted by Gasteiger charge is -2.06. The molecule has 2 rings (SSSR count). The molecule has 0 atom stereocenters. The zero-order valence-electron chi connectivity index (χ0n) is 11.5. The topological polar surface area (TPSA) is 75.6 Å². The van der Waals surface area contributed by atoms with E-state index in [2.05, 4.69) is 5.32 Å². The fraction of sp³-hybridized carbons (Fsp3) is 0.571. The van der Waals surface area contributed by atoms with Crippen LogP contribution in [-0.2, 0) is 22.4 Å². The number of fused-ring (bicyclic) bond motifs is 1. The highest BCUT2D eigenvalue weighted by molar-refractivity contribution is 7.17. The van der Waals surface area contributed by atoms with Gasteiger partial charge in [-0.05, 0) is 31.2 Å². The lowest BCUT2D eigenvalue weighted by Crippen LogP contribution is -2.15. The third-order valence-electron chi connectivity index (χ3n) is 3.21. The third kappa shape index (κ3) is 3.37. The van der Waals surface area contributed by atoms with Crippen LogP contribution in [0.5, 0.6) is 0 Å². The van der Waals surface area contributed by atoms with E-state index in [4.69, 9.17) is 4.74 Å². The van der Waals surface area contributed by atoms with Crippen molar-refractivity contribution < 1.29 is 19.4 Å². The Hall–Kier alpha value is -1.40. The molecule has 1 aliphatic carbocycles. The zero-order chi connectivity index (χ0) is 14.5. The van der Waals surface area contributed by atoms with E-state index < -0.39 is 5.97 Å². The predicted octanol–water partition coefficient (Wildman–Crippen LogP) is 2.69. The first-order valence-corrected chi connectivity index (χ1v) is 7.70. The first-order valence-electron chi connectivity index (χ1n) is 6.89. The Morgan fingerprint density at radius 2 is 2.15 bits per heavy atom. The van der Waals surface area contributed by atoms with E-state index in [0.29, 0.717) is 18.2 Å². The van der Waals surface area contributed by atoms with Gasteiger partial charge in [0.15, 0.2) is 0 Å². The average molecular weight is 297 g/mol. The number of carboxylic acid groups (broad SMARTS) is 1. The Morgan fingerprint density at radius 3 is 2.85 bits per heavy atom. The Kier molecular flexibility index (Phi) is 5.14. The number of amides is 1. The average Bonchev–Trinajstić information content (AvgIpc) is 2.94. The maximum absolute atomic E-state index is 11.8. The number of aromatic carboxylic acids is 1. The number of anilines is 1. The van der Waals surface area contributed by atoms with E-state index in [0.717, 1.165) is 36.1 Å². The molecule has 1 heterocycles. The van der Waals surface area contributed by atoms with Gasteiger partial charge >= 0.3 is 5.97 Å². The SMILES string of the molecule is CCCOCCC(=O)Nc1sc2c(c1C(=O)O)CCC2. The summed E-state index contributed by atoms with van der Waals surface area (Å²) < 4.78 is 5.26. The molecular weight excluding hydrogens is 278 g/mol.